The number of fused-ring (bicyclic) bond motifs is 1. The van der Waals surface area contributed by atoms with Crippen LogP contribution in [0.1, 0.15) is 16.7 Å². The van der Waals surface area contributed by atoms with Crippen molar-refractivity contribution in [1.82, 2.24) is 9.66 Å². The summed E-state index contributed by atoms with van der Waals surface area (Å²) in [5.74, 6) is -0.325. The van der Waals surface area contributed by atoms with E-state index in [-0.39, 0.29) is 45.2 Å². The fourth-order valence-corrected chi connectivity index (χ4v) is 4.31. The van der Waals surface area contributed by atoms with E-state index in [1.165, 1.54) is 24.3 Å². The smallest absolute Gasteiger partial charge is 0.416 e. The third kappa shape index (κ3) is 5.94. The molecule has 0 aliphatic carbocycles. The maximum Gasteiger partial charge on any atom is 0.416 e. The van der Waals surface area contributed by atoms with Crippen LogP contribution in [-0.4, -0.2) is 20.8 Å². The number of benzene rings is 4. The highest BCUT2D eigenvalue weighted by Crippen LogP contribution is 2.35. The number of hydrogen-bond acceptors (Lipinski definition) is 6. The molecule has 12 heteroatoms. The van der Waals surface area contributed by atoms with Crippen LogP contribution in [0.25, 0.3) is 22.3 Å². The number of nitrogens with zero attached hydrogens (tertiary/aromatic N) is 4. The summed E-state index contributed by atoms with van der Waals surface area (Å²) in [4.78, 5) is 29.1. The average molecular weight is 579 g/mol. The number of aromatic nitrogens is 2. The lowest BCUT2D eigenvalue weighted by atomic mass is 10.1. The standard InChI is InChI=1S/C29H18ClF3N4O4/c30-22-14-20(26(25(15-22)37(39)40)41-17-18-7-2-1-3-8-18)16-34-36-27(19-9-6-10-21(13-19)29(31,32)33)35-24-12-5-4-11-23(24)28(36)38/h1-16H,17H2. The monoisotopic (exact) mass is 578 g/mol. The van der Waals surface area contributed by atoms with Gasteiger partial charge in [0.2, 0.25) is 5.75 Å². The first kappa shape index (κ1) is 27.5. The third-order valence-electron chi connectivity index (χ3n) is 6.00. The molecule has 8 nitrogen and oxygen atoms in total. The molecule has 0 amide bonds. The van der Waals surface area contributed by atoms with E-state index < -0.39 is 27.9 Å². The molecule has 5 rings (SSSR count). The van der Waals surface area contributed by atoms with Crippen LogP contribution in [-0.2, 0) is 12.8 Å². The van der Waals surface area contributed by atoms with E-state index >= 15 is 0 Å². The minimum Gasteiger partial charge on any atom is -0.481 e. The topological polar surface area (TPSA) is 99.6 Å². The molecule has 0 aliphatic heterocycles. The maximum atomic E-state index is 13.5. The molecule has 0 saturated heterocycles. The molecule has 0 N–H and O–H groups in total. The second-order valence-corrected chi connectivity index (χ2v) is 9.20. The number of alkyl halides is 3. The first-order valence-electron chi connectivity index (χ1n) is 12.0. The fourth-order valence-electron chi connectivity index (χ4n) is 4.09. The molecule has 4 aromatic carbocycles. The second kappa shape index (κ2) is 11.2. The lowest BCUT2D eigenvalue weighted by molar-refractivity contribution is -0.385. The molecule has 0 unspecified atom stereocenters. The zero-order valence-electron chi connectivity index (χ0n) is 20.9. The first-order chi connectivity index (χ1) is 19.6. The van der Waals surface area contributed by atoms with Gasteiger partial charge in [-0.1, -0.05) is 66.2 Å². The van der Waals surface area contributed by atoms with Crippen LogP contribution >= 0.6 is 11.6 Å². The molecule has 0 spiro atoms. The maximum absolute atomic E-state index is 13.5. The third-order valence-corrected chi connectivity index (χ3v) is 6.22. The van der Waals surface area contributed by atoms with E-state index in [4.69, 9.17) is 16.3 Å². The lowest BCUT2D eigenvalue weighted by Crippen LogP contribution is -2.20. The Morgan fingerprint density at radius 3 is 2.46 bits per heavy atom. The van der Waals surface area contributed by atoms with Crippen LogP contribution in [0.4, 0.5) is 18.9 Å². The van der Waals surface area contributed by atoms with Crippen molar-refractivity contribution in [3.05, 3.63) is 133 Å². The van der Waals surface area contributed by atoms with Gasteiger partial charge < -0.3 is 4.74 Å². The molecule has 0 saturated carbocycles. The van der Waals surface area contributed by atoms with Gasteiger partial charge in [0.05, 0.1) is 27.6 Å². The van der Waals surface area contributed by atoms with Crippen molar-refractivity contribution >= 4 is 34.4 Å². The van der Waals surface area contributed by atoms with E-state index in [9.17, 15) is 28.1 Å². The van der Waals surface area contributed by atoms with Gasteiger partial charge in [0.15, 0.2) is 5.82 Å². The van der Waals surface area contributed by atoms with Crippen molar-refractivity contribution in [3.8, 4) is 17.1 Å². The predicted molar refractivity (Wildman–Crippen MR) is 148 cm³/mol. The number of hydrogen-bond donors (Lipinski definition) is 0. The molecule has 1 aromatic heterocycles. The molecular weight excluding hydrogens is 561 g/mol. The van der Waals surface area contributed by atoms with Gasteiger partial charge in [0.25, 0.3) is 5.56 Å². The number of nitro groups is 1. The van der Waals surface area contributed by atoms with Gasteiger partial charge in [-0.15, -0.1) is 0 Å². The average Bonchev–Trinajstić information content (AvgIpc) is 2.96. The van der Waals surface area contributed by atoms with Crippen LogP contribution in [0.5, 0.6) is 5.75 Å². The van der Waals surface area contributed by atoms with Crippen LogP contribution in [0.15, 0.2) is 101 Å². The summed E-state index contributed by atoms with van der Waals surface area (Å²) in [5.41, 5.74) is -0.995. The summed E-state index contributed by atoms with van der Waals surface area (Å²) in [6.45, 7) is -0.0168. The molecule has 41 heavy (non-hydrogen) atoms. The molecule has 0 atom stereocenters. The van der Waals surface area contributed by atoms with Gasteiger partial charge in [-0.05, 0) is 35.9 Å². The highest BCUT2D eigenvalue weighted by Gasteiger charge is 2.31. The summed E-state index contributed by atoms with van der Waals surface area (Å²) >= 11 is 6.15. The van der Waals surface area contributed by atoms with Gasteiger partial charge in [-0.25, -0.2) is 4.98 Å². The van der Waals surface area contributed by atoms with Crippen molar-refractivity contribution in [1.29, 1.82) is 0 Å². The van der Waals surface area contributed by atoms with Crippen molar-refractivity contribution in [2.75, 3.05) is 0 Å². The Morgan fingerprint density at radius 1 is 1.00 bits per heavy atom. The Bertz CT molecular complexity index is 1860. The van der Waals surface area contributed by atoms with E-state index in [1.807, 2.05) is 6.07 Å². The molecule has 0 fully saturated rings. The number of halogens is 4. The van der Waals surface area contributed by atoms with Crippen LogP contribution in [0, 0.1) is 10.1 Å². The Labute approximate surface area is 235 Å². The zero-order chi connectivity index (χ0) is 29.1. The Hall–Kier alpha value is -5.03. The van der Waals surface area contributed by atoms with E-state index in [0.717, 1.165) is 34.7 Å². The minimum absolute atomic E-state index is 0.00676. The summed E-state index contributed by atoms with van der Waals surface area (Å²) in [6, 6.07) is 22.1. The first-order valence-corrected chi connectivity index (χ1v) is 12.4. The van der Waals surface area contributed by atoms with E-state index in [2.05, 4.69) is 10.1 Å². The van der Waals surface area contributed by atoms with Crippen molar-refractivity contribution in [3.63, 3.8) is 0 Å². The second-order valence-electron chi connectivity index (χ2n) is 8.77. The molecule has 206 valence electrons. The molecule has 0 radical (unpaired) electrons. The van der Waals surface area contributed by atoms with Gasteiger partial charge in [-0.3, -0.25) is 14.9 Å². The van der Waals surface area contributed by atoms with Gasteiger partial charge >= 0.3 is 11.9 Å². The normalized spacial score (nSPS) is 11.7. The van der Waals surface area contributed by atoms with Crippen LogP contribution in [0.3, 0.4) is 0 Å². The summed E-state index contributed by atoms with van der Waals surface area (Å²) in [6.07, 6.45) is -3.51. The molecule has 1 heterocycles. The summed E-state index contributed by atoms with van der Waals surface area (Å²) in [5, 5.41) is 16.2. The van der Waals surface area contributed by atoms with Crippen LogP contribution in [0.2, 0.25) is 5.02 Å². The van der Waals surface area contributed by atoms with Gasteiger partial charge in [0, 0.05) is 22.2 Å². The molecule has 0 bridgehead atoms. The van der Waals surface area contributed by atoms with E-state index in [1.54, 1.807) is 42.5 Å². The van der Waals surface area contributed by atoms with Crippen molar-refractivity contribution in [2.45, 2.75) is 12.8 Å². The molecule has 0 aliphatic rings. The SMILES string of the molecule is O=c1c2ccccc2nc(-c2cccc(C(F)(F)F)c2)n1N=Cc1cc(Cl)cc([N+](=O)[O-])c1OCc1ccccc1. The Balaban J connectivity index is 1.67. The summed E-state index contributed by atoms with van der Waals surface area (Å²) < 4.78 is 47.0. The Morgan fingerprint density at radius 2 is 1.73 bits per heavy atom. The number of ether oxygens (including phenoxy) is 1. The highest BCUT2D eigenvalue weighted by atomic mass is 35.5. The highest BCUT2D eigenvalue weighted by molar-refractivity contribution is 6.31. The largest absolute Gasteiger partial charge is 0.481 e. The quantitative estimate of drug-likeness (QED) is 0.116. The zero-order valence-corrected chi connectivity index (χ0v) is 21.6. The summed E-state index contributed by atoms with van der Waals surface area (Å²) in [7, 11) is 0. The molecular formula is C29H18ClF3N4O4. The number of nitro benzene ring substituents is 1. The number of rotatable bonds is 7. The number of para-hydroxylation sites is 1. The molecule has 5 aromatic rings. The fraction of sp³-hybridized carbons (Fsp3) is 0.0690. The van der Waals surface area contributed by atoms with Crippen molar-refractivity contribution in [2.24, 2.45) is 5.10 Å². The van der Waals surface area contributed by atoms with Crippen LogP contribution < -0.4 is 10.3 Å². The lowest BCUT2D eigenvalue weighted by Gasteiger charge is -2.13. The predicted octanol–water partition coefficient (Wildman–Crippen LogP) is 7.11. The van der Waals surface area contributed by atoms with Gasteiger partial charge in [-0.2, -0.15) is 22.9 Å². The van der Waals surface area contributed by atoms with Gasteiger partial charge in [0.1, 0.15) is 6.61 Å². The van der Waals surface area contributed by atoms with Crippen molar-refractivity contribution < 1.29 is 22.8 Å². The Kier molecular flexibility index (Phi) is 7.54. The minimum atomic E-state index is -4.63. The van der Waals surface area contributed by atoms with E-state index in [0.29, 0.717) is 0 Å².